The van der Waals surface area contributed by atoms with E-state index in [1.807, 2.05) is 0 Å². The molecule has 0 aliphatic rings. The van der Waals surface area contributed by atoms with Crippen LogP contribution in [0.15, 0.2) is 35.0 Å². The van der Waals surface area contributed by atoms with Crippen molar-refractivity contribution in [3.05, 3.63) is 64.4 Å². The SMILES string of the molecule is CCOC(=O)/C(C=Nc1ccc(F)cn1)=C(/O)c1cc(F)c(F)c(C)c1F. The molecule has 1 heterocycles. The number of ether oxygens (including phenoxy) is 1. The van der Waals surface area contributed by atoms with Crippen LogP contribution in [0.25, 0.3) is 5.76 Å². The first-order chi connectivity index (χ1) is 12.8. The van der Waals surface area contributed by atoms with Gasteiger partial charge in [-0.1, -0.05) is 0 Å². The molecule has 5 nitrogen and oxygen atoms in total. The van der Waals surface area contributed by atoms with Crippen LogP contribution in [0.3, 0.4) is 0 Å². The summed E-state index contributed by atoms with van der Waals surface area (Å²) in [5.74, 6) is -6.78. The smallest absolute Gasteiger partial charge is 0.343 e. The van der Waals surface area contributed by atoms with Crippen molar-refractivity contribution in [3.8, 4) is 0 Å². The molecule has 0 saturated heterocycles. The van der Waals surface area contributed by atoms with E-state index >= 15 is 0 Å². The Balaban J connectivity index is 2.58. The molecule has 0 radical (unpaired) electrons. The second kappa shape index (κ2) is 8.43. The number of aliphatic hydroxyl groups is 1. The number of nitrogens with zero attached hydrogens (tertiary/aromatic N) is 2. The number of carbonyl (C=O) groups excluding carboxylic acids is 1. The van der Waals surface area contributed by atoms with Crippen LogP contribution in [-0.2, 0) is 9.53 Å². The highest BCUT2D eigenvalue weighted by Crippen LogP contribution is 2.26. The summed E-state index contributed by atoms with van der Waals surface area (Å²) in [7, 11) is 0. The number of aliphatic imine (C=N–C) groups is 1. The molecule has 0 amide bonds. The first-order valence-electron chi connectivity index (χ1n) is 7.66. The highest BCUT2D eigenvalue weighted by atomic mass is 19.2. The predicted octanol–water partition coefficient (Wildman–Crippen LogP) is 4.18. The highest BCUT2D eigenvalue weighted by molar-refractivity contribution is 6.15. The zero-order valence-electron chi connectivity index (χ0n) is 14.3. The van der Waals surface area contributed by atoms with Gasteiger partial charge >= 0.3 is 5.97 Å². The molecular formula is C18H14F4N2O3. The van der Waals surface area contributed by atoms with Gasteiger partial charge in [-0.25, -0.2) is 32.3 Å². The second-order valence-electron chi connectivity index (χ2n) is 5.23. The minimum Gasteiger partial charge on any atom is -0.506 e. The lowest BCUT2D eigenvalue weighted by atomic mass is 10.0. The lowest BCUT2D eigenvalue weighted by Gasteiger charge is -2.10. The molecule has 1 aromatic heterocycles. The fourth-order valence-electron chi connectivity index (χ4n) is 2.04. The second-order valence-corrected chi connectivity index (χ2v) is 5.23. The van der Waals surface area contributed by atoms with Crippen molar-refractivity contribution < 1.29 is 32.2 Å². The fourth-order valence-corrected chi connectivity index (χ4v) is 2.04. The molecule has 0 atom stereocenters. The third kappa shape index (κ3) is 4.49. The first kappa shape index (κ1) is 20.1. The Morgan fingerprint density at radius 2 is 1.96 bits per heavy atom. The van der Waals surface area contributed by atoms with Crippen LogP contribution >= 0.6 is 0 Å². The number of rotatable bonds is 5. The van der Waals surface area contributed by atoms with Gasteiger partial charge in [0, 0.05) is 11.8 Å². The van der Waals surface area contributed by atoms with E-state index in [2.05, 4.69) is 9.98 Å². The van der Waals surface area contributed by atoms with E-state index in [1.165, 1.54) is 13.0 Å². The molecule has 1 N–H and O–H groups in total. The van der Waals surface area contributed by atoms with Gasteiger partial charge in [-0.3, -0.25) is 0 Å². The Bertz CT molecular complexity index is 925. The topological polar surface area (TPSA) is 71.8 Å². The van der Waals surface area contributed by atoms with E-state index in [0.717, 1.165) is 25.4 Å². The van der Waals surface area contributed by atoms with Crippen molar-refractivity contribution in [1.82, 2.24) is 4.98 Å². The number of pyridine rings is 1. The predicted molar refractivity (Wildman–Crippen MR) is 89.6 cm³/mol. The van der Waals surface area contributed by atoms with Crippen molar-refractivity contribution in [2.75, 3.05) is 6.61 Å². The maximum atomic E-state index is 14.3. The number of halogens is 4. The third-order valence-corrected chi connectivity index (χ3v) is 3.42. The van der Waals surface area contributed by atoms with E-state index in [-0.39, 0.29) is 12.4 Å². The van der Waals surface area contributed by atoms with Gasteiger partial charge in [0.1, 0.15) is 23.0 Å². The van der Waals surface area contributed by atoms with Crippen LogP contribution in [0.1, 0.15) is 18.1 Å². The molecule has 27 heavy (non-hydrogen) atoms. The molecule has 0 bridgehead atoms. The number of carbonyl (C=O) groups is 1. The Hall–Kier alpha value is -3.23. The van der Waals surface area contributed by atoms with Crippen LogP contribution in [0.2, 0.25) is 0 Å². The van der Waals surface area contributed by atoms with Crippen LogP contribution in [0, 0.1) is 30.2 Å². The Morgan fingerprint density at radius 3 is 2.56 bits per heavy atom. The molecule has 142 valence electrons. The number of benzene rings is 1. The molecule has 0 spiro atoms. The van der Waals surface area contributed by atoms with Crippen molar-refractivity contribution in [2.24, 2.45) is 4.99 Å². The Labute approximate surface area is 151 Å². The van der Waals surface area contributed by atoms with Crippen LogP contribution in [0.4, 0.5) is 23.4 Å². The summed E-state index contributed by atoms with van der Waals surface area (Å²) >= 11 is 0. The van der Waals surface area contributed by atoms with E-state index in [4.69, 9.17) is 4.74 Å². The quantitative estimate of drug-likeness (QED) is 0.210. The summed E-state index contributed by atoms with van der Waals surface area (Å²) < 4.78 is 58.9. The highest BCUT2D eigenvalue weighted by Gasteiger charge is 2.23. The maximum absolute atomic E-state index is 14.3. The van der Waals surface area contributed by atoms with Gasteiger partial charge < -0.3 is 9.84 Å². The van der Waals surface area contributed by atoms with Crippen molar-refractivity contribution in [2.45, 2.75) is 13.8 Å². The van der Waals surface area contributed by atoms with E-state index < -0.39 is 51.7 Å². The fraction of sp³-hybridized carbons (Fsp3) is 0.167. The molecule has 0 aliphatic heterocycles. The van der Waals surface area contributed by atoms with Gasteiger partial charge in [-0.2, -0.15) is 0 Å². The zero-order valence-corrected chi connectivity index (χ0v) is 14.3. The van der Waals surface area contributed by atoms with E-state index in [1.54, 1.807) is 0 Å². The first-order valence-corrected chi connectivity index (χ1v) is 7.66. The minimum absolute atomic E-state index is 0.0204. The summed E-state index contributed by atoms with van der Waals surface area (Å²) in [5.41, 5.74) is -2.03. The number of esters is 1. The van der Waals surface area contributed by atoms with Gasteiger partial charge in [-0.05, 0) is 32.0 Å². The molecule has 9 heteroatoms. The maximum Gasteiger partial charge on any atom is 0.343 e. The lowest BCUT2D eigenvalue weighted by Crippen LogP contribution is -2.12. The monoisotopic (exact) mass is 382 g/mol. The third-order valence-electron chi connectivity index (χ3n) is 3.42. The molecule has 2 aromatic rings. The van der Waals surface area contributed by atoms with E-state index in [9.17, 15) is 27.5 Å². The van der Waals surface area contributed by atoms with Gasteiger partial charge in [0.25, 0.3) is 0 Å². The molecule has 2 rings (SSSR count). The van der Waals surface area contributed by atoms with Gasteiger partial charge in [0.2, 0.25) is 0 Å². The molecule has 0 saturated carbocycles. The van der Waals surface area contributed by atoms with Gasteiger partial charge in [0.15, 0.2) is 17.5 Å². The minimum atomic E-state index is -1.41. The van der Waals surface area contributed by atoms with Crippen LogP contribution in [0.5, 0.6) is 0 Å². The van der Waals surface area contributed by atoms with E-state index in [0.29, 0.717) is 6.07 Å². The van der Waals surface area contributed by atoms with Crippen LogP contribution < -0.4 is 0 Å². The average molecular weight is 382 g/mol. The molecule has 0 unspecified atom stereocenters. The number of aromatic nitrogens is 1. The van der Waals surface area contributed by atoms with Gasteiger partial charge in [0.05, 0.1) is 18.4 Å². The largest absolute Gasteiger partial charge is 0.506 e. The molecule has 0 aliphatic carbocycles. The number of hydrogen-bond donors (Lipinski definition) is 1. The summed E-state index contributed by atoms with van der Waals surface area (Å²) in [4.78, 5) is 19.5. The number of aliphatic hydroxyl groups excluding tert-OH is 1. The summed E-state index contributed by atoms with van der Waals surface area (Å²) in [6.45, 7) is 2.40. The summed E-state index contributed by atoms with van der Waals surface area (Å²) in [6, 6.07) is 2.66. The average Bonchev–Trinajstić information content (AvgIpc) is 2.64. The molecular weight excluding hydrogens is 368 g/mol. The van der Waals surface area contributed by atoms with Crippen LogP contribution in [-0.4, -0.2) is 28.9 Å². The van der Waals surface area contributed by atoms with Crippen molar-refractivity contribution in [1.29, 1.82) is 0 Å². The van der Waals surface area contributed by atoms with Crippen molar-refractivity contribution in [3.63, 3.8) is 0 Å². The van der Waals surface area contributed by atoms with Gasteiger partial charge in [-0.15, -0.1) is 0 Å². The molecule has 0 fully saturated rings. The zero-order chi connectivity index (χ0) is 20.1. The normalized spacial score (nSPS) is 12.2. The van der Waals surface area contributed by atoms with Crippen molar-refractivity contribution >= 4 is 23.8 Å². The lowest BCUT2D eigenvalue weighted by molar-refractivity contribution is -0.137. The summed E-state index contributed by atoms with van der Waals surface area (Å²) in [6.07, 6.45) is 1.68. The summed E-state index contributed by atoms with van der Waals surface area (Å²) in [5, 5.41) is 10.3. The molecule has 1 aromatic carbocycles. The Morgan fingerprint density at radius 1 is 1.26 bits per heavy atom. The Kier molecular flexibility index (Phi) is 6.27. The standard InChI is InChI=1S/C18H14F4N2O3/c1-3-27-18(26)12(8-24-14-5-4-10(19)7-23-14)17(25)11-6-13(20)16(22)9(2)15(11)21/h4-8,25H,3H2,1-2H3/b17-12+,24-8?. The number of hydrogen-bond acceptors (Lipinski definition) is 5.